The Bertz CT molecular complexity index is 303. The fourth-order valence-corrected chi connectivity index (χ4v) is 3.13. The summed E-state index contributed by atoms with van der Waals surface area (Å²) in [7, 11) is 0. The van der Waals surface area contributed by atoms with Crippen LogP contribution in [0.25, 0.3) is 0 Å². The first-order valence-electron chi connectivity index (χ1n) is 4.55. The van der Waals surface area contributed by atoms with Gasteiger partial charge in [-0.2, -0.15) is 0 Å². The molecule has 0 amide bonds. The van der Waals surface area contributed by atoms with Crippen LogP contribution in [0.2, 0.25) is 0 Å². The van der Waals surface area contributed by atoms with Crippen molar-refractivity contribution < 1.29 is 9.59 Å². The molecule has 4 atom stereocenters. The summed E-state index contributed by atoms with van der Waals surface area (Å²) in [6.45, 7) is 0. The average molecular weight is 162 g/mol. The van der Waals surface area contributed by atoms with Gasteiger partial charge in [-0.05, 0) is 24.8 Å². The van der Waals surface area contributed by atoms with Crippen molar-refractivity contribution >= 4 is 11.6 Å². The molecule has 2 nitrogen and oxygen atoms in total. The van der Waals surface area contributed by atoms with Gasteiger partial charge in [0, 0.05) is 17.8 Å². The third-order valence-corrected chi connectivity index (χ3v) is 3.64. The quantitative estimate of drug-likeness (QED) is 0.531. The molecule has 4 unspecified atom stereocenters. The molecule has 3 rings (SSSR count). The molecule has 0 aliphatic heterocycles. The highest BCUT2D eigenvalue weighted by molar-refractivity contribution is 6.03. The molecule has 2 fully saturated rings. The summed E-state index contributed by atoms with van der Waals surface area (Å²) in [5.41, 5.74) is 0. The molecule has 0 spiro atoms. The molecule has 0 aromatic carbocycles. The van der Waals surface area contributed by atoms with E-state index in [0.717, 1.165) is 12.8 Å². The van der Waals surface area contributed by atoms with Gasteiger partial charge in [0.2, 0.25) is 0 Å². The molecule has 0 saturated heterocycles. The van der Waals surface area contributed by atoms with E-state index in [-0.39, 0.29) is 29.5 Å². The Morgan fingerprint density at radius 3 is 2.67 bits per heavy atom. The molecule has 3 aliphatic carbocycles. The van der Waals surface area contributed by atoms with Crippen LogP contribution in [0.5, 0.6) is 0 Å². The second-order valence-corrected chi connectivity index (χ2v) is 4.06. The minimum atomic E-state index is 0.0521. The van der Waals surface area contributed by atoms with Crippen LogP contribution in [0.4, 0.5) is 0 Å². The number of carbonyl (C=O) groups is 2. The zero-order chi connectivity index (χ0) is 8.29. The van der Waals surface area contributed by atoms with E-state index >= 15 is 0 Å². The number of fused-ring (bicyclic) bond motifs is 5. The Labute approximate surface area is 70.6 Å². The summed E-state index contributed by atoms with van der Waals surface area (Å²) in [6, 6.07) is 0. The highest BCUT2D eigenvalue weighted by atomic mass is 16.1. The number of rotatable bonds is 0. The zero-order valence-electron chi connectivity index (χ0n) is 6.69. The van der Waals surface area contributed by atoms with E-state index in [0.29, 0.717) is 5.78 Å². The van der Waals surface area contributed by atoms with Crippen molar-refractivity contribution in [2.75, 3.05) is 0 Å². The van der Waals surface area contributed by atoms with Crippen LogP contribution < -0.4 is 0 Å². The van der Waals surface area contributed by atoms with E-state index in [1.54, 1.807) is 6.08 Å². The number of Topliss-reactive ketones (excluding diaryl/α,β-unsaturated/α-hetero) is 1. The summed E-state index contributed by atoms with van der Waals surface area (Å²) in [5.74, 6) is 1.17. The van der Waals surface area contributed by atoms with Crippen LogP contribution in [0.1, 0.15) is 12.8 Å². The van der Waals surface area contributed by atoms with Crippen molar-refractivity contribution in [2.24, 2.45) is 23.7 Å². The third kappa shape index (κ3) is 0.542. The second kappa shape index (κ2) is 1.87. The Balaban J connectivity index is 2.08. The van der Waals surface area contributed by atoms with Gasteiger partial charge in [0.15, 0.2) is 5.78 Å². The molecule has 2 bridgehead atoms. The van der Waals surface area contributed by atoms with Crippen molar-refractivity contribution in [3.63, 3.8) is 0 Å². The SMILES string of the molecule is O=C1C2CCC1C1C(=O)C=CC21. The van der Waals surface area contributed by atoms with Crippen LogP contribution >= 0.6 is 0 Å². The van der Waals surface area contributed by atoms with E-state index in [1.807, 2.05) is 6.08 Å². The summed E-state index contributed by atoms with van der Waals surface area (Å²) >= 11 is 0. The molecule has 2 saturated carbocycles. The smallest absolute Gasteiger partial charge is 0.159 e. The first-order chi connectivity index (χ1) is 5.79. The van der Waals surface area contributed by atoms with E-state index in [9.17, 15) is 9.59 Å². The lowest BCUT2D eigenvalue weighted by atomic mass is 9.81. The standard InChI is InChI=1S/C10H10O2/c11-8-4-3-5-6-1-2-7(9(5)8)10(6)12/h3-7,9H,1-2H2. The molecule has 3 aliphatic rings. The predicted molar refractivity (Wildman–Crippen MR) is 42.3 cm³/mol. The van der Waals surface area contributed by atoms with E-state index < -0.39 is 0 Å². The highest BCUT2D eigenvalue weighted by Gasteiger charge is 2.56. The third-order valence-electron chi connectivity index (χ3n) is 3.64. The molecule has 0 aromatic rings. The number of hydrogen-bond acceptors (Lipinski definition) is 2. The monoisotopic (exact) mass is 162 g/mol. The van der Waals surface area contributed by atoms with Crippen molar-refractivity contribution in [3.8, 4) is 0 Å². The number of allylic oxidation sites excluding steroid dienone is 2. The fraction of sp³-hybridized carbons (Fsp3) is 0.600. The van der Waals surface area contributed by atoms with Gasteiger partial charge >= 0.3 is 0 Å². The van der Waals surface area contributed by atoms with Crippen molar-refractivity contribution in [3.05, 3.63) is 12.2 Å². The lowest BCUT2D eigenvalue weighted by molar-refractivity contribution is -0.125. The van der Waals surface area contributed by atoms with Crippen molar-refractivity contribution in [2.45, 2.75) is 12.8 Å². The Kier molecular flexibility index (Phi) is 1.03. The van der Waals surface area contributed by atoms with Crippen LogP contribution in [0.3, 0.4) is 0 Å². The van der Waals surface area contributed by atoms with Crippen molar-refractivity contribution in [1.29, 1.82) is 0 Å². The molecule has 62 valence electrons. The Hall–Kier alpha value is -0.920. The van der Waals surface area contributed by atoms with Gasteiger partial charge in [0.1, 0.15) is 5.78 Å². The zero-order valence-corrected chi connectivity index (χ0v) is 6.69. The second-order valence-electron chi connectivity index (χ2n) is 4.06. The normalized spacial score (nSPS) is 49.0. The molecular formula is C10H10O2. The van der Waals surface area contributed by atoms with Crippen LogP contribution in [0.15, 0.2) is 12.2 Å². The van der Waals surface area contributed by atoms with Gasteiger partial charge in [-0.3, -0.25) is 9.59 Å². The summed E-state index contributed by atoms with van der Waals surface area (Å²) in [5, 5.41) is 0. The molecule has 0 radical (unpaired) electrons. The Morgan fingerprint density at radius 2 is 1.92 bits per heavy atom. The fourth-order valence-electron chi connectivity index (χ4n) is 3.13. The van der Waals surface area contributed by atoms with Gasteiger partial charge in [-0.25, -0.2) is 0 Å². The van der Waals surface area contributed by atoms with E-state index in [1.165, 1.54) is 0 Å². The minimum absolute atomic E-state index is 0.0521. The van der Waals surface area contributed by atoms with Crippen LogP contribution in [-0.4, -0.2) is 11.6 Å². The first-order valence-corrected chi connectivity index (χ1v) is 4.55. The topological polar surface area (TPSA) is 34.1 Å². The van der Waals surface area contributed by atoms with Gasteiger partial charge < -0.3 is 0 Å². The lowest BCUT2D eigenvalue weighted by Gasteiger charge is -2.20. The lowest BCUT2D eigenvalue weighted by Crippen LogP contribution is -2.22. The maximum Gasteiger partial charge on any atom is 0.159 e. The molecule has 0 aromatic heterocycles. The maximum absolute atomic E-state index is 11.5. The van der Waals surface area contributed by atoms with Gasteiger partial charge in [-0.15, -0.1) is 0 Å². The van der Waals surface area contributed by atoms with Gasteiger partial charge in [0.25, 0.3) is 0 Å². The van der Waals surface area contributed by atoms with Crippen LogP contribution in [0, 0.1) is 23.7 Å². The summed E-state index contributed by atoms with van der Waals surface area (Å²) in [4.78, 5) is 22.9. The number of carbonyl (C=O) groups excluding carboxylic acids is 2. The molecule has 0 heterocycles. The molecule has 2 heteroatoms. The summed E-state index contributed by atoms with van der Waals surface area (Å²) < 4.78 is 0. The molecule has 0 N–H and O–H groups in total. The van der Waals surface area contributed by atoms with E-state index in [4.69, 9.17) is 0 Å². The minimum Gasteiger partial charge on any atom is -0.299 e. The largest absolute Gasteiger partial charge is 0.299 e. The van der Waals surface area contributed by atoms with Gasteiger partial charge in [-0.1, -0.05) is 6.08 Å². The predicted octanol–water partition coefficient (Wildman–Crippen LogP) is 0.967. The number of ketones is 2. The highest BCUT2D eigenvalue weighted by Crippen LogP contribution is 2.52. The van der Waals surface area contributed by atoms with Gasteiger partial charge in [0.05, 0.1) is 0 Å². The van der Waals surface area contributed by atoms with E-state index in [2.05, 4.69) is 0 Å². The summed E-state index contributed by atoms with van der Waals surface area (Å²) in [6.07, 6.45) is 5.60. The van der Waals surface area contributed by atoms with Crippen molar-refractivity contribution in [1.82, 2.24) is 0 Å². The Morgan fingerprint density at radius 1 is 1.17 bits per heavy atom. The molecular weight excluding hydrogens is 152 g/mol. The van der Waals surface area contributed by atoms with Crippen LogP contribution in [-0.2, 0) is 9.59 Å². The number of hydrogen-bond donors (Lipinski definition) is 0. The average Bonchev–Trinajstić information content (AvgIpc) is 2.66. The first kappa shape index (κ1) is 6.58. The maximum atomic E-state index is 11.5. The molecule has 12 heavy (non-hydrogen) atoms.